The van der Waals surface area contributed by atoms with Gasteiger partial charge in [0.05, 0.1) is 19.8 Å². The van der Waals surface area contributed by atoms with Crippen LogP contribution in [0, 0.1) is 5.92 Å². The smallest absolute Gasteiger partial charge is 0.0698 e. The number of hydrogen-bond donors (Lipinski definition) is 1. The van der Waals surface area contributed by atoms with Gasteiger partial charge in [-0.05, 0) is 32.6 Å². The summed E-state index contributed by atoms with van der Waals surface area (Å²) in [6.07, 6.45) is 2.81. The van der Waals surface area contributed by atoms with Crippen molar-refractivity contribution in [3.05, 3.63) is 0 Å². The van der Waals surface area contributed by atoms with Crippen molar-refractivity contribution in [3.63, 3.8) is 0 Å². The largest absolute Gasteiger partial charge is 0.394 e. The van der Waals surface area contributed by atoms with Gasteiger partial charge in [0.2, 0.25) is 0 Å². The molecule has 3 heteroatoms. The zero-order valence-corrected chi connectivity index (χ0v) is 9.41. The van der Waals surface area contributed by atoms with E-state index in [2.05, 4.69) is 18.7 Å². The molecule has 0 amide bonds. The van der Waals surface area contributed by atoms with Gasteiger partial charge in [0.25, 0.3) is 0 Å². The van der Waals surface area contributed by atoms with Gasteiger partial charge in [-0.3, -0.25) is 4.90 Å². The second-order valence-corrected chi connectivity index (χ2v) is 4.37. The molecule has 1 saturated carbocycles. The minimum absolute atomic E-state index is 0.129. The molecule has 0 spiro atoms. The van der Waals surface area contributed by atoms with Crippen molar-refractivity contribution in [2.24, 2.45) is 5.92 Å². The standard InChI is InChI=1S/C11H23NO2/c1-10(2)12(9-11-3-4-11)5-7-14-8-6-13/h10-11,13H,3-9H2,1-2H3. The van der Waals surface area contributed by atoms with E-state index < -0.39 is 0 Å². The number of aliphatic hydroxyl groups is 1. The summed E-state index contributed by atoms with van der Waals surface area (Å²) in [5.41, 5.74) is 0. The topological polar surface area (TPSA) is 32.7 Å². The van der Waals surface area contributed by atoms with Crippen LogP contribution in [0.4, 0.5) is 0 Å². The molecule has 0 bridgehead atoms. The Morgan fingerprint density at radius 2 is 2.07 bits per heavy atom. The van der Waals surface area contributed by atoms with Crippen molar-refractivity contribution >= 4 is 0 Å². The van der Waals surface area contributed by atoms with Crippen molar-refractivity contribution in [2.45, 2.75) is 32.7 Å². The van der Waals surface area contributed by atoms with E-state index in [1.807, 2.05) is 0 Å². The molecule has 1 fully saturated rings. The maximum absolute atomic E-state index is 8.56. The zero-order valence-electron chi connectivity index (χ0n) is 9.41. The van der Waals surface area contributed by atoms with Gasteiger partial charge in [0.1, 0.15) is 0 Å². The molecule has 0 atom stereocenters. The van der Waals surface area contributed by atoms with Gasteiger partial charge in [-0.25, -0.2) is 0 Å². The van der Waals surface area contributed by atoms with E-state index in [9.17, 15) is 0 Å². The van der Waals surface area contributed by atoms with Gasteiger partial charge in [-0.15, -0.1) is 0 Å². The van der Waals surface area contributed by atoms with Gasteiger partial charge in [-0.1, -0.05) is 0 Å². The van der Waals surface area contributed by atoms with Crippen LogP contribution in [-0.4, -0.2) is 49.0 Å². The molecule has 0 saturated heterocycles. The Morgan fingerprint density at radius 3 is 2.57 bits per heavy atom. The third-order valence-electron chi connectivity index (χ3n) is 2.68. The number of rotatable bonds is 8. The third kappa shape index (κ3) is 4.94. The molecule has 0 aromatic heterocycles. The highest BCUT2D eigenvalue weighted by atomic mass is 16.5. The second kappa shape index (κ2) is 6.38. The minimum atomic E-state index is 0.129. The first-order valence-corrected chi connectivity index (χ1v) is 5.66. The first kappa shape index (κ1) is 12.0. The van der Waals surface area contributed by atoms with Gasteiger partial charge in [-0.2, -0.15) is 0 Å². The first-order valence-electron chi connectivity index (χ1n) is 5.66. The van der Waals surface area contributed by atoms with Crippen LogP contribution >= 0.6 is 0 Å². The Balaban J connectivity index is 2.07. The Kier molecular flexibility index (Phi) is 5.45. The molecule has 0 heterocycles. The monoisotopic (exact) mass is 201 g/mol. The van der Waals surface area contributed by atoms with E-state index in [0.29, 0.717) is 12.6 Å². The summed E-state index contributed by atoms with van der Waals surface area (Å²) < 4.78 is 5.27. The van der Waals surface area contributed by atoms with Crippen LogP contribution in [0.25, 0.3) is 0 Å². The van der Waals surface area contributed by atoms with E-state index in [1.54, 1.807) is 0 Å². The Bertz CT molecular complexity index is 146. The normalized spacial score (nSPS) is 16.9. The number of aliphatic hydroxyl groups excluding tert-OH is 1. The quantitative estimate of drug-likeness (QED) is 0.597. The Morgan fingerprint density at radius 1 is 1.36 bits per heavy atom. The number of ether oxygens (including phenoxy) is 1. The van der Waals surface area contributed by atoms with Crippen molar-refractivity contribution in [1.29, 1.82) is 0 Å². The van der Waals surface area contributed by atoms with Crippen molar-refractivity contribution in [3.8, 4) is 0 Å². The molecular weight excluding hydrogens is 178 g/mol. The lowest BCUT2D eigenvalue weighted by atomic mass is 10.3. The van der Waals surface area contributed by atoms with Gasteiger partial charge in [0.15, 0.2) is 0 Å². The van der Waals surface area contributed by atoms with Crippen LogP contribution < -0.4 is 0 Å². The highest BCUT2D eigenvalue weighted by Crippen LogP contribution is 2.30. The van der Waals surface area contributed by atoms with E-state index >= 15 is 0 Å². The van der Waals surface area contributed by atoms with Crippen molar-refractivity contribution in [2.75, 3.05) is 32.9 Å². The zero-order chi connectivity index (χ0) is 10.4. The Labute approximate surface area is 87.1 Å². The van der Waals surface area contributed by atoms with Crippen LogP contribution in [0.1, 0.15) is 26.7 Å². The molecule has 0 unspecified atom stereocenters. The lowest BCUT2D eigenvalue weighted by molar-refractivity contribution is 0.0655. The summed E-state index contributed by atoms with van der Waals surface area (Å²) in [4.78, 5) is 2.47. The van der Waals surface area contributed by atoms with Crippen LogP contribution in [0.2, 0.25) is 0 Å². The van der Waals surface area contributed by atoms with Crippen LogP contribution in [0.5, 0.6) is 0 Å². The fraction of sp³-hybridized carbons (Fsp3) is 1.00. The number of nitrogens with zero attached hydrogens (tertiary/aromatic N) is 1. The van der Waals surface area contributed by atoms with Gasteiger partial charge < -0.3 is 9.84 Å². The molecule has 0 radical (unpaired) electrons. The maximum atomic E-state index is 8.56. The molecular formula is C11H23NO2. The van der Waals surface area contributed by atoms with Crippen molar-refractivity contribution in [1.82, 2.24) is 4.90 Å². The van der Waals surface area contributed by atoms with Gasteiger partial charge >= 0.3 is 0 Å². The fourth-order valence-electron chi connectivity index (χ4n) is 1.54. The summed E-state index contributed by atoms with van der Waals surface area (Å²) in [5, 5.41) is 8.56. The van der Waals surface area contributed by atoms with E-state index in [4.69, 9.17) is 9.84 Å². The van der Waals surface area contributed by atoms with E-state index in [1.165, 1.54) is 19.4 Å². The molecule has 1 aliphatic rings. The molecule has 3 nitrogen and oxygen atoms in total. The molecule has 1 aliphatic carbocycles. The summed E-state index contributed by atoms with van der Waals surface area (Å²) in [6.45, 7) is 8.02. The molecule has 14 heavy (non-hydrogen) atoms. The second-order valence-electron chi connectivity index (χ2n) is 4.37. The predicted octanol–water partition coefficient (Wildman–Crippen LogP) is 1.12. The van der Waals surface area contributed by atoms with E-state index in [0.717, 1.165) is 19.1 Å². The molecule has 0 aliphatic heterocycles. The number of hydrogen-bond acceptors (Lipinski definition) is 3. The highest BCUT2D eigenvalue weighted by molar-refractivity contribution is 4.78. The summed E-state index contributed by atoms with van der Waals surface area (Å²) in [7, 11) is 0. The van der Waals surface area contributed by atoms with Crippen LogP contribution in [0.3, 0.4) is 0 Å². The molecule has 1 rings (SSSR count). The summed E-state index contributed by atoms with van der Waals surface area (Å²) in [6, 6.07) is 0.605. The van der Waals surface area contributed by atoms with E-state index in [-0.39, 0.29) is 6.61 Å². The highest BCUT2D eigenvalue weighted by Gasteiger charge is 2.25. The molecule has 0 aromatic rings. The summed E-state index contributed by atoms with van der Waals surface area (Å²) in [5.74, 6) is 0.940. The molecule has 1 N–H and O–H groups in total. The third-order valence-corrected chi connectivity index (χ3v) is 2.68. The van der Waals surface area contributed by atoms with Crippen LogP contribution in [0.15, 0.2) is 0 Å². The predicted molar refractivity (Wildman–Crippen MR) is 57.3 cm³/mol. The average molecular weight is 201 g/mol. The lowest BCUT2D eigenvalue weighted by Crippen LogP contribution is -2.35. The van der Waals surface area contributed by atoms with Crippen molar-refractivity contribution < 1.29 is 9.84 Å². The SMILES string of the molecule is CC(C)N(CCOCCO)CC1CC1. The van der Waals surface area contributed by atoms with Gasteiger partial charge in [0, 0.05) is 19.1 Å². The minimum Gasteiger partial charge on any atom is -0.394 e. The lowest BCUT2D eigenvalue weighted by Gasteiger charge is -2.26. The average Bonchev–Trinajstić information content (AvgIpc) is 2.93. The Hall–Kier alpha value is -0.120. The summed E-state index contributed by atoms with van der Waals surface area (Å²) >= 11 is 0. The molecule has 84 valence electrons. The maximum Gasteiger partial charge on any atom is 0.0698 e. The van der Waals surface area contributed by atoms with Crippen LogP contribution in [-0.2, 0) is 4.74 Å². The molecule has 0 aromatic carbocycles. The fourth-order valence-corrected chi connectivity index (χ4v) is 1.54. The first-order chi connectivity index (χ1) is 6.74.